The summed E-state index contributed by atoms with van der Waals surface area (Å²) in [7, 11) is 0. The van der Waals surface area contributed by atoms with Crippen LogP contribution in [0.25, 0.3) is 10.8 Å². The summed E-state index contributed by atoms with van der Waals surface area (Å²) < 4.78 is 6.00. The topological polar surface area (TPSA) is 69.7 Å². The second kappa shape index (κ2) is 9.32. The zero-order chi connectivity index (χ0) is 21.0. The van der Waals surface area contributed by atoms with Gasteiger partial charge in [0.15, 0.2) is 0 Å². The van der Waals surface area contributed by atoms with Crippen LogP contribution >= 0.6 is 0 Å². The van der Waals surface area contributed by atoms with Gasteiger partial charge in [-0.15, -0.1) is 0 Å². The van der Waals surface area contributed by atoms with Gasteiger partial charge in [-0.05, 0) is 78.4 Å². The van der Waals surface area contributed by atoms with E-state index in [1.807, 2.05) is 18.3 Å². The van der Waals surface area contributed by atoms with Gasteiger partial charge in [0.1, 0.15) is 5.75 Å². The first kappa shape index (κ1) is 20.4. The Hall–Kier alpha value is -2.51. The maximum Gasteiger partial charge on any atom is 0.219 e. The molecule has 0 spiro atoms. The average molecular weight is 419 g/mol. The summed E-state index contributed by atoms with van der Waals surface area (Å²) >= 11 is 0. The van der Waals surface area contributed by atoms with Gasteiger partial charge in [0.05, 0.1) is 0 Å². The highest BCUT2D eigenvalue weighted by molar-refractivity contribution is 5.84. The summed E-state index contributed by atoms with van der Waals surface area (Å²) in [6, 6.07) is 17.2. The summed E-state index contributed by atoms with van der Waals surface area (Å²) in [6.07, 6.45) is 5.13. The number of hydrogen-bond donors (Lipinski definition) is 3. The third-order valence-electron chi connectivity index (χ3n) is 6.47. The van der Waals surface area contributed by atoms with E-state index >= 15 is 0 Å². The number of aromatic nitrogens is 1. The lowest BCUT2D eigenvalue weighted by atomic mass is 9.97. The van der Waals surface area contributed by atoms with Crippen molar-refractivity contribution in [1.82, 2.24) is 20.7 Å². The number of aliphatic hydroxyl groups is 1. The van der Waals surface area contributed by atoms with Crippen molar-refractivity contribution in [2.45, 2.75) is 31.8 Å². The van der Waals surface area contributed by atoms with E-state index < -0.39 is 0 Å². The minimum absolute atomic E-state index is 0.317. The van der Waals surface area contributed by atoms with E-state index in [1.165, 1.54) is 16.5 Å². The number of likely N-dealkylation sites (tertiary alicyclic amines) is 1. The number of fused-ring (bicyclic) bond motifs is 1. The third-order valence-corrected chi connectivity index (χ3v) is 6.47. The first-order valence-electron chi connectivity index (χ1n) is 11.2. The van der Waals surface area contributed by atoms with E-state index in [4.69, 9.17) is 4.74 Å². The SMILES string of the molecule is OCC1CCN(Cc2ccc3cc(Oc4ccc(C5CCNN5)cn4)ccc3c2)CC1. The average Bonchev–Trinajstić information content (AvgIpc) is 3.35. The molecule has 2 fully saturated rings. The number of pyridine rings is 1. The van der Waals surface area contributed by atoms with E-state index in [0.717, 1.165) is 56.6 Å². The smallest absolute Gasteiger partial charge is 0.219 e. The summed E-state index contributed by atoms with van der Waals surface area (Å²) in [4.78, 5) is 6.96. The lowest BCUT2D eigenvalue weighted by Gasteiger charge is -2.31. The zero-order valence-electron chi connectivity index (χ0n) is 17.8. The molecule has 2 saturated heterocycles. The number of piperidine rings is 1. The Morgan fingerprint density at radius 3 is 2.58 bits per heavy atom. The van der Waals surface area contributed by atoms with Crippen LogP contribution in [0, 0.1) is 5.92 Å². The van der Waals surface area contributed by atoms with Crippen LogP contribution < -0.4 is 15.6 Å². The van der Waals surface area contributed by atoms with E-state index in [2.05, 4.69) is 57.1 Å². The van der Waals surface area contributed by atoms with Gasteiger partial charge in [-0.1, -0.05) is 24.3 Å². The van der Waals surface area contributed by atoms with Crippen LogP contribution in [0.15, 0.2) is 54.7 Å². The molecule has 162 valence electrons. The van der Waals surface area contributed by atoms with Crippen LogP contribution in [0.3, 0.4) is 0 Å². The summed E-state index contributed by atoms with van der Waals surface area (Å²) in [5.74, 6) is 1.89. The molecule has 1 unspecified atom stereocenters. The van der Waals surface area contributed by atoms with Crippen molar-refractivity contribution in [2.24, 2.45) is 5.92 Å². The number of aliphatic hydroxyl groups excluding tert-OH is 1. The molecular formula is C25H30N4O2. The molecule has 3 aromatic rings. The largest absolute Gasteiger partial charge is 0.439 e. The van der Waals surface area contributed by atoms with E-state index in [-0.39, 0.29) is 0 Å². The first-order valence-corrected chi connectivity index (χ1v) is 11.2. The van der Waals surface area contributed by atoms with Crippen LogP contribution in [0.1, 0.15) is 36.4 Å². The molecule has 3 heterocycles. The van der Waals surface area contributed by atoms with E-state index in [9.17, 15) is 5.11 Å². The molecule has 1 atom stereocenters. The second-order valence-electron chi connectivity index (χ2n) is 8.69. The number of rotatable bonds is 6. The fourth-order valence-electron chi connectivity index (χ4n) is 4.53. The lowest BCUT2D eigenvalue weighted by molar-refractivity contribution is 0.127. The van der Waals surface area contributed by atoms with Crippen molar-refractivity contribution in [1.29, 1.82) is 0 Å². The molecular weight excluding hydrogens is 388 g/mol. The maximum absolute atomic E-state index is 9.32. The summed E-state index contributed by atoms with van der Waals surface area (Å²) in [5.41, 5.74) is 8.91. The minimum Gasteiger partial charge on any atom is -0.439 e. The molecule has 5 rings (SSSR count). The second-order valence-corrected chi connectivity index (χ2v) is 8.69. The molecule has 0 aliphatic carbocycles. The van der Waals surface area contributed by atoms with Crippen molar-refractivity contribution in [3.63, 3.8) is 0 Å². The number of ether oxygens (including phenoxy) is 1. The third kappa shape index (κ3) is 4.88. The first-order chi connectivity index (χ1) is 15.3. The molecule has 0 amide bonds. The number of nitrogens with zero attached hydrogens (tertiary/aromatic N) is 2. The van der Waals surface area contributed by atoms with Crippen molar-refractivity contribution in [3.8, 4) is 11.6 Å². The predicted octanol–water partition coefficient (Wildman–Crippen LogP) is 3.77. The van der Waals surface area contributed by atoms with Gasteiger partial charge in [0.25, 0.3) is 0 Å². The number of hydrogen-bond acceptors (Lipinski definition) is 6. The van der Waals surface area contributed by atoms with Gasteiger partial charge in [-0.3, -0.25) is 15.8 Å². The highest BCUT2D eigenvalue weighted by Crippen LogP contribution is 2.27. The standard InChI is InChI=1S/C25H30N4O2/c30-17-18-8-11-29(12-9-18)16-19-1-2-21-14-23(5-3-20(21)13-19)31-25-6-4-22(15-26-25)24-7-10-27-28-24/h1-6,13-15,18,24,27-28,30H,7-12,16-17H2. The van der Waals surface area contributed by atoms with Crippen molar-refractivity contribution in [3.05, 3.63) is 65.9 Å². The monoisotopic (exact) mass is 418 g/mol. The van der Waals surface area contributed by atoms with Gasteiger partial charge >= 0.3 is 0 Å². The predicted molar refractivity (Wildman–Crippen MR) is 122 cm³/mol. The summed E-state index contributed by atoms with van der Waals surface area (Å²) in [6.45, 7) is 4.39. The molecule has 6 nitrogen and oxygen atoms in total. The van der Waals surface area contributed by atoms with Crippen LogP contribution in [0.2, 0.25) is 0 Å². The Bertz CT molecular complexity index is 1010. The Kier molecular flexibility index (Phi) is 6.13. The van der Waals surface area contributed by atoms with Gasteiger partial charge in [0, 0.05) is 38.0 Å². The van der Waals surface area contributed by atoms with Gasteiger partial charge < -0.3 is 9.84 Å². The van der Waals surface area contributed by atoms with Crippen molar-refractivity contribution < 1.29 is 9.84 Å². The molecule has 2 aliphatic rings. The molecule has 31 heavy (non-hydrogen) atoms. The molecule has 2 aromatic carbocycles. The Labute approximate surface area is 183 Å². The Morgan fingerprint density at radius 1 is 1.00 bits per heavy atom. The van der Waals surface area contributed by atoms with Crippen molar-refractivity contribution >= 4 is 10.8 Å². The van der Waals surface area contributed by atoms with Crippen LogP contribution in [-0.4, -0.2) is 41.2 Å². The fourth-order valence-corrected chi connectivity index (χ4v) is 4.53. The zero-order valence-corrected chi connectivity index (χ0v) is 17.8. The number of nitrogens with one attached hydrogen (secondary N) is 2. The molecule has 0 saturated carbocycles. The van der Waals surface area contributed by atoms with E-state index in [0.29, 0.717) is 24.4 Å². The fraction of sp³-hybridized carbons (Fsp3) is 0.400. The summed E-state index contributed by atoms with van der Waals surface area (Å²) in [5, 5.41) is 11.7. The number of hydrazine groups is 1. The Balaban J connectivity index is 1.23. The van der Waals surface area contributed by atoms with Gasteiger partial charge in [-0.25, -0.2) is 4.98 Å². The van der Waals surface area contributed by atoms with Crippen molar-refractivity contribution in [2.75, 3.05) is 26.2 Å². The lowest BCUT2D eigenvalue weighted by Crippen LogP contribution is -2.34. The van der Waals surface area contributed by atoms with E-state index in [1.54, 1.807) is 0 Å². The molecule has 3 N–H and O–H groups in total. The molecule has 0 bridgehead atoms. The molecule has 1 aromatic heterocycles. The minimum atomic E-state index is 0.317. The molecule has 0 radical (unpaired) electrons. The van der Waals surface area contributed by atoms with Crippen LogP contribution in [0.4, 0.5) is 0 Å². The highest BCUT2D eigenvalue weighted by atomic mass is 16.5. The maximum atomic E-state index is 9.32. The Morgan fingerprint density at radius 2 is 1.84 bits per heavy atom. The quantitative estimate of drug-likeness (QED) is 0.566. The van der Waals surface area contributed by atoms with Gasteiger partial charge in [-0.2, -0.15) is 0 Å². The van der Waals surface area contributed by atoms with Crippen LogP contribution in [-0.2, 0) is 6.54 Å². The highest BCUT2D eigenvalue weighted by Gasteiger charge is 2.18. The number of benzene rings is 2. The molecule has 2 aliphatic heterocycles. The van der Waals surface area contributed by atoms with Crippen LogP contribution in [0.5, 0.6) is 11.6 Å². The van der Waals surface area contributed by atoms with Gasteiger partial charge in [0.2, 0.25) is 5.88 Å². The normalized spacial score (nSPS) is 20.4. The molecule has 6 heteroatoms.